The lowest BCUT2D eigenvalue weighted by atomic mass is 9.97. The van der Waals surface area contributed by atoms with Crippen LogP contribution in [0.25, 0.3) is 6.08 Å². The largest absolute Gasteiger partial charge is 0.342 e. The van der Waals surface area contributed by atoms with E-state index in [1.54, 1.807) is 12.1 Å². The van der Waals surface area contributed by atoms with Gasteiger partial charge in [-0.1, -0.05) is 69.7 Å². The fourth-order valence-electron chi connectivity index (χ4n) is 3.44. The van der Waals surface area contributed by atoms with Gasteiger partial charge in [0.25, 0.3) is 0 Å². The van der Waals surface area contributed by atoms with Crippen LogP contribution in [0.4, 0.5) is 4.39 Å². The van der Waals surface area contributed by atoms with Crippen LogP contribution in [0.5, 0.6) is 0 Å². The lowest BCUT2D eigenvalue weighted by molar-refractivity contribution is -0.135. The molecule has 25 heavy (non-hydrogen) atoms. The van der Waals surface area contributed by atoms with E-state index in [1.165, 1.54) is 43.4 Å². The highest BCUT2D eigenvalue weighted by Gasteiger charge is 2.23. The number of halogens is 1. The van der Waals surface area contributed by atoms with Crippen molar-refractivity contribution < 1.29 is 9.18 Å². The van der Waals surface area contributed by atoms with Gasteiger partial charge in [-0.2, -0.15) is 0 Å². The molecule has 1 aliphatic rings. The maximum atomic E-state index is 13.0. The molecular formula is C22H32FNO. The zero-order valence-corrected chi connectivity index (χ0v) is 15.8. The Labute approximate surface area is 152 Å². The van der Waals surface area contributed by atoms with Crippen LogP contribution in [0, 0.1) is 11.7 Å². The molecule has 2 nitrogen and oxygen atoms in total. The molecule has 2 rings (SSSR count). The highest BCUT2D eigenvalue weighted by Crippen LogP contribution is 2.22. The van der Waals surface area contributed by atoms with Gasteiger partial charge in [0.1, 0.15) is 5.82 Å². The Morgan fingerprint density at radius 2 is 1.76 bits per heavy atom. The maximum absolute atomic E-state index is 13.0. The van der Waals surface area contributed by atoms with E-state index in [1.807, 2.05) is 4.90 Å². The third-order valence-corrected chi connectivity index (χ3v) is 5.12. The van der Waals surface area contributed by atoms with Gasteiger partial charge >= 0.3 is 0 Å². The molecule has 0 N–H and O–H groups in total. The van der Waals surface area contributed by atoms with E-state index in [4.69, 9.17) is 0 Å². The Kier molecular flexibility index (Phi) is 8.17. The normalized spacial score (nSPS) is 16.0. The monoisotopic (exact) mass is 345 g/mol. The molecule has 1 aliphatic heterocycles. The van der Waals surface area contributed by atoms with Crippen LogP contribution in [-0.4, -0.2) is 23.9 Å². The van der Waals surface area contributed by atoms with Crippen LogP contribution in [0.3, 0.4) is 0 Å². The fourth-order valence-corrected chi connectivity index (χ4v) is 3.44. The second kappa shape index (κ2) is 10.4. The zero-order chi connectivity index (χ0) is 18.1. The Morgan fingerprint density at radius 3 is 2.40 bits per heavy atom. The molecule has 0 spiro atoms. The van der Waals surface area contributed by atoms with E-state index >= 15 is 0 Å². The van der Waals surface area contributed by atoms with E-state index in [2.05, 4.69) is 19.9 Å². The van der Waals surface area contributed by atoms with Crippen molar-refractivity contribution in [2.45, 2.75) is 65.2 Å². The van der Waals surface area contributed by atoms with Crippen molar-refractivity contribution in [3.63, 3.8) is 0 Å². The average molecular weight is 346 g/mol. The topological polar surface area (TPSA) is 20.3 Å². The van der Waals surface area contributed by atoms with Crippen molar-refractivity contribution in [3.05, 3.63) is 41.2 Å². The summed E-state index contributed by atoms with van der Waals surface area (Å²) in [6.45, 7) is 5.92. The Bertz CT molecular complexity index is 554. The van der Waals surface area contributed by atoms with Gasteiger partial charge in [-0.15, -0.1) is 0 Å². The van der Waals surface area contributed by atoms with Gasteiger partial charge in [0.2, 0.25) is 5.91 Å². The molecule has 1 atom stereocenters. The number of carbonyl (C=O) groups excluding carboxylic acids is 1. The number of unbranched alkanes of at least 4 members (excludes halogenated alkanes) is 4. The number of hydrogen-bond acceptors (Lipinski definition) is 1. The smallest absolute Gasteiger partial charge is 0.225 e. The molecule has 1 fully saturated rings. The van der Waals surface area contributed by atoms with E-state index < -0.39 is 0 Å². The lowest BCUT2D eigenvalue weighted by Gasteiger charge is -2.31. The van der Waals surface area contributed by atoms with Crippen molar-refractivity contribution in [1.29, 1.82) is 0 Å². The van der Waals surface area contributed by atoms with E-state index in [0.29, 0.717) is 5.91 Å². The molecular weight excluding hydrogens is 313 g/mol. The van der Waals surface area contributed by atoms with E-state index in [-0.39, 0.29) is 11.7 Å². The van der Waals surface area contributed by atoms with E-state index in [0.717, 1.165) is 44.3 Å². The van der Waals surface area contributed by atoms with Gasteiger partial charge in [0, 0.05) is 19.0 Å². The van der Waals surface area contributed by atoms with Crippen LogP contribution in [0.1, 0.15) is 70.8 Å². The van der Waals surface area contributed by atoms with Crippen LogP contribution in [-0.2, 0) is 4.79 Å². The van der Waals surface area contributed by atoms with Crippen molar-refractivity contribution in [2.24, 2.45) is 5.92 Å². The SMILES string of the molecule is CCCCCCCC(C)C(=O)N1CCC(=Cc2ccc(F)cc2)CC1. The van der Waals surface area contributed by atoms with Crippen molar-refractivity contribution in [1.82, 2.24) is 4.90 Å². The molecule has 1 saturated heterocycles. The van der Waals surface area contributed by atoms with Crippen molar-refractivity contribution in [2.75, 3.05) is 13.1 Å². The lowest BCUT2D eigenvalue weighted by Crippen LogP contribution is -2.39. The third-order valence-electron chi connectivity index (χ3n) is 5.12. The van der Waals surface area contributed by atoms with Gasteiger partial charge in [-0.3, -0.25) is 4.79 Å². The highest BCUT2D eigenvalue weighted by molar-refractivity contribution is 5.78. The van der Waals surface area contributed by atoms with E-state index in [9.17, 15) is 9.18 Å². The summed E-state index contributed by atoms with van der Waals surface area (Å²) in [7, 11) is 0. The van der Waals surface area contributed by atoms with Crippen LogP contribution >= 0.6 is 0 Å². The van der Waals surface area contributed by atoms with Crippen LogP contribution in [0.15, 0.2) is 29.8 Å². The minimum absolute atomic E-state index is 0.143. The zero-order valence-electron chi connectivity index (χ0n) is 15.8. The van der Waals surface area contributed by atoms with Gasteiger partial charge in [-0.05, 0) is 37.0 Å². The molecule has 1 unspecified atom stereocenters. The average Bonchev–Trinajstić information content (AvgIpc) is 2.63. The molecule has 0 aliphatic carbocycles. The molecule has 0 radical (unpaired) electrons. The summed E-state index contributed by atoms with van der Waals surface area (Å²) in [5, 5.41) is 0. The summed E-state index contributed by atoms with van der Waals surface area (Å²) in [6.07, 6.45) is 11.3. The molecule has 1 heterocycles. The Morgan fingerprint density at radius 1 is 1.12 bits per heavy atom. The minimum atomic E-state index is -0.203. The second-order valence-electron chi connectivity index (χ2n) is 7.28. The van der Waals surface area contributed by atoms with Crippen molar-refractivity contribution >= 4 is 12.0 Å². The predicted molar refractivity (Wildman–Crippen MR) is 103 cm³/mol. The molecule has 1 amide bonds. The fraction of sp³-hybridized carbons (Fsp3) is 0.591. The number of rotatable bonds is 8. The number of benzene rings is 1. The molecule has 0 saturated carbocycles. The first-order chi connectivity index (χ1) is 12.1. The first-order valence-corrected chi connectivity index (χ1v) is 9.84. The van der Waals surface area contributed by atoms with Gasteiger partial charge in [-0.25, -0.2) is 4.39 Å². The molecule has 0 bridgehead atoms. The highest BCUT2D eigenvalue weighted by atomic mass is 19.1. The number of piperidine rings is 1. The number of carbonyl (C=O) groups is 1. The number of likely N-dealkylation sites (tertiary alicyclic amines) is 1. The minimum Gasteiger partial charge on any atom is -0.342 e. The van der Waals surface area contributed by atoms with Gasteiger partial charge in [0.15, 0.2) is 0 Å². The molecule has 138 valence electrons. The first kappa shape index (κ1) is 19.7. The van der Waals surface area contributed by atoms with Gasteiger partial charge < -0.3 is 4.90 Å². The Hall–Kier alpha value is -1.64. The first-order valence-electron chi connectivity index (χ1n) is 9.84. The standard InChI is InChI=1S/C22H32FNO/c1-3-4-5-6-7-8-18(2)22(25)24-15-13-20(14-16-24)17-19-9-11-21(23)12-10-19/h9-12,17-18H,3-8,13-16H2,1-2H3. The third kappa shape index (κ3) is 6.64. The summed E-state index contributed by atoms with van der Waals surface area (Å²) >= 11 is 0. The molecule has 0 aromatic heterocycles. The molecule has 3 heteroatoms. The summed E-state index contributed by atoms with van der Waals surface area (Å²) in [5.41, 5.74) is 2.39. The Balaban J connectivity index is 1.75. The second-order valence-corrected chi connectivity index (χ2v) is 7.28. The summed E-state index contributed by atoms with van der Waals surface area (Å²) in [4.78, 5) is 14.6. The van der Waals surface area contributed by atoms with Crippen molar-refractivity contribution in [3.8, 4) is 0 Å². The maximum Gasteiger partial charge on any atom is 0.225 e. The molecule has 1 aromatic carbocycles. The summed E-state index contributed by atoms with van der Waals surface area (Å²) in [5.74, 6) is 0.256. The van der Waals surface area contributed by atoms with Crippen LogP contribution < -0.4 is 0 Å². The predicted octanol–water partition coefficient (Wildman–Crippen LogP) is 5.83. The van der Waals surface area contributed by atoms with Gasteiger partial charge in [0.05, 0.1) is 0 Å². The number of amides is 1. The number of nitrogens with zero attached hydrogens (tertiary/aromatic N) is 1. The quantitative estimate of drug-likeness (QED) is 0.543. The van der Waals surface area contributed by atoms with Crippen LogP contribution in [0.2, 0.25) is 0 Å². The number of hydrogen-bond donors (Lipinski definition) is 0. The summed E-state index contributed by atoms with van der Waals surface area (Å²) in [6, 6.07) is 6.60. The summed E-state index contributed by atoms with van der Waals surface area (Å²) < 4.78 is 13.0. The molecule has 1 aromatic rings.